The van der Waals surface area contributed by atoms with E-state index >= 15 is 0 Å². The molecule has 2 aliphatic rings. The lowest BCUT2D eigenvalue weighted by atomic mass is 9.59. The van der Waals surface area contributed by atoms with E-state index in [0.717, 1.165) is 38.0 Å². The Labute approximate surface area is 119 Å². The number of hydrogen-bond acceptors (Lipinski definition) is 2. The lowest BCUT2D eigenvalue weighted by Gasteiger charge is -2.49. The molecule has 0 saturated heterocycles. The standard InChI is InChI=1S/C17H33NO/c1-4-5-14-6-8-16(13-18,9-7-14)17(19)11-10-15(2,3)12-17/h14,19H,4-13,18H2,1-3H3. The fraction of sp³-hybridized carbons (Fsp3) is 1.00. The van der Waals surface area contributed by atoms with Gasteiger partial charge in [-0.25, -0.2) is 0 Å². The topological polar surface area (TPSA) is 46.2 Å². The van der Waals surface area contributed by atoms with Crippen molar-refractivity contribution in [2.75, 3.05) is 6.54 Å². The van der Waals surface area contributed by atoms with Crippen molar-refractivity contribution < 1.29 is 5.11 Å². The average molecular weight is 267 g/mol. The molecule has 0 aromatic carbocycles. The van der Waals surface area contributed by atoms with Gasteiger partial charge in [-0.15, -0.1) is 0 Å². The highest BCUT2D eigenvalue weighted by Crippen LogP contribution is 2.57. The zero-order valence-corrected chi connectivity index (χ0v) is 13.2. The van der Waals surface area contributed by atoms with Gasteiger partial charge in [0.1, 0.15) is 0 Å². The summed E-state index contributed by atoms with van der Waals surface area (Å²) in [7, 11) is 0. The second kappa shape index (κ2) is 5.37. The van der Waals surface area contributed by atoms with E-state index < -0.39 is 5.60 Å². The minimum Gasteiger partial charge on any atom is -0.389 e. The fourth-order valence-corrected chi connectivity index (χ4v) is 4.75. The highest BCUT2D eigenvalue weighted by Gasteiger charge is 2.55. The Balaban J connectivity index is 2.08. The van der Waals surface area contributed by atoms with Crippen molar-refractivity contribution in [1.29, 1.82) is 0 Å². The molecule has 2 aliphatic carbocycles. The minimum atomic E-state index is -0.498. The van der Waals surface area contributed by atoms with Gasteiger partial charge in [-0.2, -0.15) is 0 Å². The molecule has 0 amide bonds. The Kier molecular flexibility index (Phi) is 4.32. The van der Waals surface area contributed by atoms with E-state index in [1.807, 2.05) is 0 Å². The highest BCUT2D eigenvalue weighted by atomic mass is 16.3. The Morgan fingerprint density at radius 2 is 1.74 bits per heavy atom. The second-order valence-corrected chi connectivity index (χ2v) is 8.09. The summed E-state index contributed by atoms with van der Waals surface area (Å²) in [5.41, 5.74) is 5.95. The average Bonchev–Trinajstić information content (AvgIpc) is 2.66. The summed E-state index contributed by atoms with van der Waals surface area (Å²) in [5.74, 6) is 0.877. The number of aliphatic hydroxyl groups is 1. The van der Waals surface area contributed by atoms with Gasteiger partial charge in [0.2, 0.25) is 0 Å². The van der Waals surface area contributed by atoms with Crippen LogP contribution in [0.5, 0.6) is 0 Å². The Hall–Kier alpha value is -0.0800. The van der Waals surface area contributed by atoms with Crippen molar-refractivity contribution in [3.8, 4) is 0 Å². The van der Waals surface area contributed by atoms with Crippen LogP contribution in [-0.4, -0.2) is 17.3 Å². The molecular formula is C17H33NO. The maximum atomic E-state index is 11.2. The molecule has 0 aliphatic heterocycles. The summed E-state index contributed by atoms with van der Waals surface area (Å²) in [6.45, 7) is 7.52. The highest BCUT2D eigenvalue weighted by molar-refractivity contribution is 5.07. The molecule has 2 nitrogen and oxygen atoms in total. The summed E-state index contributed by atoms with van der Waals surface area (Å²) in [6, 6.07) is 0. The first-order valence-electron chi connectivity index (χ1n) is 8.29. The summed E-state index contributed by atoms with van der Waals surface area (Å²) in [5, 5.41) is 11.2. The van der Waals surface area contributed by atoms with Crippen LogP contribution in [0.4, 0.5) is 0 Å². The maximum Gasteiger partial charge on any atom is 0.0721 e. The largest absolute Gasteiger partial charge is 0.389 e. The van der Waals surface area contributed by atoms with Crippen LogP contribution in [0, 0.1) is 16.7 Å². The van der Waals surface area contributed by atoms with Crippen LogP contribution >= 0.6 is 0 Å². The van der Waals surface area contributed by atoms with Gasteiger partial charge in [0.25, 0.3) is 0 Å². The van der Waals surface area contributed by atoms with Crippen molar-refractivity contribution in [3.05, 3.63) is 0 Å². The van der Waals surface area contributed by atoms with Crippen LogP contribution in [0.1, 0.15) is 78.6 Å². The Morgan fingerprint density at radius 3 is 2.16 bits per heavy atom. The van der Waals surface area contributed by atoms with Crippen molar-refractivity contribution in [3.63, 3.8) is 0 Å². The van der Waals surface area contributed by atoms with Gasteiger partial charge in [0.15, 0.2) is 0 Å². The zero-order chi connectivity index (χ0) is 14.1. The van der Waals surface area contributed by atoms with Crippen molar-refractivity contribution >= 4 is 0 Å². The van der Waals surface area contributed by atoms with E-state index in [-0.39, 0.29) is 10.8 Å². The van der Waals surface area contributed by atoms with E-state index in [0.29, 0.717) is 6.54 Å². The number of hydrogen-bond donors (Lipinski definition) is 2. The number of nitrogens with two attached hydrogens (primary N) is 1. The molecule has 3 N–H and O–H groups in total. The molecular weight excluding hydrogens is 234 g/mol. The van der Waals surface area contributed by atoms with Gasteiger partial charge in [-0.1, -0.05) is 33.6 Å². The van der Waals surface area contributed by atoms with Gasteiger partial charge >= 0.3 is 0 Å². The van der Waals surface area contributed by atoms with Gasteiger partial charge in [-0.3, -0.25) is 0 Å². The molecule has 0 radical (unpaired) electrons. The molecule has 0 bridgehead atoms. The van der Waals surface area contributed by atoms with Gasteiger partial charge in [0, 0.05) is 12.0 Å². The molecule has 0 aromatic heterocycles. The molecule has 2 heteroatoms. The summed E-state index contributed by atoms with van der Waals surface area (Å²) >= 11 is 0. The molecule has 1 unspecified atom stereocenters. The first-order valence-corrected chi connectivity index (χ1v) is 8.29. The zero-order valence-electron chi connectivity index (χ0n) is 13.2. The first kappa shape index (κ1) is 15.3. The summed E-state index contributed by atoms with van der Waals surface area (Å²) in [6.07, 6.45) is 10.5. The monoisotopic (exact) mass is 267 g/mol. The second-order valence-electron chi connectivity index (χ2n) is 8.09. The summed E-state index contributed by atoms with van der Waals surface area (Å²) < 4.78 is 0. The third-order valence-electron chi connectivity index (χ3n) is 6.12. The van der Waals surface area contributed by atoms with E-state index in [1.54, 1.807) is 0 Å². The minimum absolute atomic E-state index is 0.00497. The Morgan fingerprint density at radius 1 is 1.11 bits per heavy atom. The molecule has 112 valence electrons. The lowest BCUT2D eigenvalue weighted by molar-refractivity contribution is -0.106. The third-order valence-corrected chi connectivity index (χ3v) is 6.12. The molecule has 0 spiro atoms. The maximum absolute atomic E-state index is 11.2. The molecule has 2 saturated carbocycles. The van der Waals surface area contributed by atoms with E-state index in [9.17, 15) is 5.11 Å². The normalized spacial score (nSPS) is 42.5. The van der Waals surface area contributed by atoms with Gasteiger partial charge in [0.05, 0.1) is 5.60 Å². The van der Waals surface area contributed by atoms with E-state index in [2.05, 4.69) is 20.8 Å². The van der Waals surface area contributed by atoms with Crippen LogP contribution in [0.3, 0.4) is 0 Å². The van der Waals surface area contributed by atoms with Crippen LogP contribution < -0.4 is 5.73 Å². The predicted molar refractivity (Wildman–Crippen MR) is 80.9 cm³/mol. The number of rotatable bonds is 4. The quantitative estimate of drug-likeness (QED) is 0.812. The van der Waals surface area contributed by atoms with E-state index in [1.165, 1.54) is 25.7 Å². The smallest absolute Gasteiger partial charge is 0.0721 e. The SMILES string of the molecule is CCCC1CCC(CN)(C2(O)CCC(C)(C)C2)CC1. The third kappa shape index (κ3) is 2.85. The van der Waals surface area contributed by atoms with Crippen molar-refractivity contribution in [2.45, 2.75) is 84.2 Å². The first-order chi connectivity index (χ1) is 8.86. The van der Waals surface area contributed by atoms with Crippen molar-refractivity contribution in [2.24, 2.45) is 22.5 Å². The predicted octanol–water partition coefficient (Wildman–Crippen LogP) is 3.86. The molecule has 0 heterocycles. The van der Waals surface area contributed by atoms with Gasteiger partial charge in [-0.05, 0) is 56.3 Å². The summed E-state index contributed by atoms with van der Waals surface area (Å²) in [4.78, 5) is 0. The van der Waals surface area contributed by atoms with E-state index in [4.69, 9.17) is 5.73 Å². The van der Waals surface area contributed by atoms with Crippen molar-refractivity contribution in [1.82, 2.24) is 0 Å². The van der Waals surface area contributed by atoms with Crippen LogP contribution in [0.25, 0.3) is 0 Å². The fourth-order valence-electron chi connectivity index (χ4n) is 4.75. The van der Waals surface area contributed by atoms with Gasteiger partial charge < -0.3 is 10.8 Å². The van der Waals surface area contributed by atoms with Crippen LogP contribution in [0.2, 0.25) is 0 Å². The molecule has 1 atom stereocenters. The van der Waals surface area contributed by atoms with Crippen LogP contribution in [-0.2, 0) is 0 Å². The molecule has 0 aromatic rings. The molecule has 19 heavy (non-hydrogen) atoms. The molecule has 2 rings (SSSR count). The lowest BCUT2D eigenvalue weighted by Crippen LogP contribution is -2.53. The van der Waals surface area contributed by atoms with Crippen LogP contribution in [0.15, 0.2) is 0 Å². The molecule has 2 fully saturated rings. The Bertz CT molecular complexity index is 304.